The molecule has 0 radical (unpaired) electrons. The first-order valence-electron chi connectivity index (χ1n) is 7.40. The number of hydrazone groups is 1. The van der Waals surface area contributed by atoms with Crippen LogP contribution < -0.4 is 16.1 Å². The van der Waals surface area contributed by atoms with Gasteiger partial charge in [-0.2, -0.15) is 10.4 Å². The quantitative estimate of drug-likeness (QED) is 0.430. The second kappa shape index (κ2) is 7.56. The van der Waals surface area contributed by atoms with E-state index in [-0.39, 0.29) is 11.4 Å². The minimum atomic E-state index is -0.468. The average Bonchev–Trinajstić information content (AvgIpc) is 2.56. The Balaban J connectivity index is 2.07. The van der Waals surface area contributed by atoms with Gasteiger partial charge in [0.1, 0.15) is 11.9 Å². The molecule has 0 atom stereocenters. The van der Waals surface area contributed by atoms with Gasteiger partial charge in [0.05, 0.1) is 5.69 Å². The number of nitrogens with two attached hydrogens (primary N) is 1. The summed E-state index contributed by atoms with van der Waals surface area (Å²) in [7, 11) is 0. The first-order chi connectivity index (χ1) is 11.0. The summed E-state index contributed by atoms with van der Waals surface area (Å²) in [5, 5.41) is 19.5. The molecule has 0 spiro atoms. The van der Waals surface area contributed by atoms with E-state index >= 15 is 0 Å². The van der Waals surface area contributed by atoms with Gasteiger partial charge in [-0.15, -0.1) is 0 Å². The molecule has 1 saturated heterocycles. The maximum Gasteiger partial charge on any atom is 0.201 e. The highest BCUT2D eigenvalue weighted by molar-refractivity contribution is 6.45. The van der Waals surface area contributed by atoms with Crippen LogP contribution in [0, 0.1) is 22.6 Å². The van der Waals surface area contributed by atoms with Crippen molar-refractivity contribution >= 4 is 22.9 Å². The largest absolute Gasteiger partial charge is 0.382 e. The molecule has 1 fully saturated rings. The summed E-state index contributed by atoms with van der Waals surface area (Å²) >= 11 is 0. The van der Waals surface area contributed by atoms with E-state index in [2.05, 4.69) is 27.3 Å². The van der Waals surface area contributed by atoms with Crippen LogP contribution in [0.1, 0.15) is 6.92 Å². The van der Waals surface area contributed by atoms with Crippen molar-refractivity contribution in [2.45, 2.75) is 6.92 Å². The van der Waals surface area contributed by atoms with E-state index in [0.29, 0.717) is 0 Å². The lowest BCUT2D eigenvalue weighted by Gasteiger charge is -2.35. The molecule has 4 N–H and O–H groups in total. The fourth-order valence-electron chi connectivity index (χ4n) is 2.38. The summed E-state index contributed by atoms with van der Waals surface area (Å²) < 4.78 is 14.2. The van der Waals surface area contributed by atoms with Gasteiger partial charge >= 0.3 is 0 Å². The third kappa shape index (κ3) is 4.17. The topological polar surface area (TPSA) is 105 Å². The predicted molar refractivity (Wildman–Crippen MR) is 89.3 cm³/mol. The third-order valence-corrected chi connectivity index (χ3v) is 3.79. The minimum absolute atomic E-state index is 0.134. The molecule has 23 heavy (non-hydrogen) atoms. The first-order valence-corrected chi connectivity index (χ1v) is 7.40. The second-order valence-corrected chi connectivity index (χ2v) is 5.18. The van der Waals surface area contributed by atoms with E-state index in [1.165, 1.54) is 6.07 Å². The van der Waals surface area contributed by atoms with Gasteiger partial charge in [0.15, 0.2) is 5.84 Å². The normalized spacial score (nSPS) is 16.0. The second-order valence-electron chi connectivity index (χ2n) is 5.18. The van der Waals surface area contributed by atoms with E-state index < -0.39 is 11.7 Å². The number of anilines is 2. The van der Waals surface area contributed by atoms with Crippen LogP contribution in [-0.2, 0) is 0 Å². The maximum absolute atomic E-state index is 14.2. The SMILES string of the molecule is CCN1CCN(c2ccc(N/N=C(\C#N)C(=N)N)c(F)c2)CC1. The van der Waals surface area contributed by atoms with Crippen molar-refractivity contribution in [1.82, 2.24) is 4.90 Å². The Morgan fingerprint density at radius 2 is 2.13 bits per heavy atom. The molecule has 1 heterocycles. The fourth-order valence-corrected chi connectivity index (χ4v) is 2.38. The van der Waals surface area contributed by atoms with Gasteiger partial charge in [-0.05, 0) is 24.7 Å². The number of nitrogens with one attached hydrogen (secondary N) is 2. The number of benzene rings is 1. The number of nitriles is 1. The third-order valence-electron chi connectivity index (χ3n) is 3.79. The van der Waals surface area contributed by atoms with Crippen LogP contribution in [0.5, 0.6) is 0 Å². The zero-order valence-electron chi connectivity index (χ0n) is 13.0. The number of hydrogen-bond donors (Lipinski definition) is 3. The molecular weight excluding hydrogens is 297 g/mol. The first kappa shape index (κ1) is 16.7. The lowest BCUT2D eigenvalue weighted by molar-refractivity contribution is 0.271. The standard InChI is InChI=1S/C15H20FN7/c1-2-22-5-7-23(8-6-22)11-3-4-13(12(16)9-11)20-21-14(10-17)15(18)19/h3-4,9,20H,2,5-8H2,1H3,(H3,18,19)/b21-14+. The Hall–Kier alpha value is -2.66. The van der Waals surface area contributed by atoms with Crippen LogP contribution in [0.4, 0.5) is 15.8 Å². The van der Waals surface area contributed by atoms with E-state index in [9.17, 15) is 4.39 Å². The molecule has 1 aliphatic rings. The van der Waals surface area contributed by atoms with Crippen molar-refractivity contribution in [2.75, 3.05) is 43.0 Å². The molecule has 7 nitrogen and oxygen atoms in total. The zero-order valence-corrected chi connectivity index (χ0v) is 13.0. The summed E-state index contributed by atoms with van der Waals surface area (Å²) in [6, 6.07) is 6.48. The van der Waals surface area contributed by atoms with Crippen LogP contribution in [-0.4, -0.2) is 49.2 Å². The molecule has 0 unspecified atom stereocenters. The van der Waals surface area contributed by atoms with Crippen LogP contribution in [0.25, 0.3) is 0 Å². The maximum atomic E-state index is 14.2. The molecule has 8 heteroatoms. The molecule has 0 amide bonds. The van der Waals surface area contributed by atoms with Crippen molar-refractivity contribution in [2.24, 2.45) is 10.8 Å². The molecule has 1 aromatic carbocycles. The van der Waals surface area contributed by atoms with Gasteiger partial charge in [-0.3, -0.25) is 10.8 Å². The number of rotatable bonds is 5. The Labute approximate surface area is 134 Å². The number of amidine groups is 1. The Morgan fingerprint density at radius 3 is 2.65 bits per heavy atom. The number of piperazine rings is 1. The molecule has 0 saturated carbocycles. The van der Waals surface area contributed by atoms with E-state index in [4.69, 9.17) is 16.4 Å². The van der Waals surface area contributed by atoms with E-state index in [0.717, 1.165) is 38.4 Å². The van der Waals surface area contributed by atoms with Crippen LogP contribution in [0.2, 0.25) is 0 Å². The fraction of sp³-hybridized carbons (Fsp3) is 0.400. The summed E-state index contributed by atoms with van der Waals surface area (Å²) in [5.74, 6) is -0.934. The van der Waals surface area contributed by atoms with Gasteiger partial charge in [-0.1, -0.05) is 6.92 Å². The lowest BCUT2D eigenvalue weighted by atomic mass is 10.2. The van der Waals surface area contributed by atoms with Crippen molar-refractivity contribution < 1.29 is 4.39 Å². The molecule has 1 aliphatic heterocycles. The molecule has 0 bridgehead atoms. The number of nitrogens with zero attached hydrogens (tertiary/aromatic N) is 4. The summed E-state index contributed by atoms with van der Waals surface area (Å²) in [6.45, 7) is 6.81. The molecule has 1 aromatic rings. The highest BCUT2D eigenvalue weighted by Gasteiger charge is 2.17. The van der Waals surface area contributed by atoms with Crippen molar-refractivity contribution in [3.8, 4) is 6.07 Å². The highest BCUT2D eigenvalue weighted by atomic mass is 19.1. The highest BCUT2D eigenvalue weighted by Crippen LogP contribution is 2.23. The Bertz CT molecular complexity index is 642. The molecule has 122 valence electrons. The van der Waals surface area contributed by atoms with Crippen LogP contribution in [0.3, 0.4) is 0 Å². The molecule has 2 rings (SSSR count). The molecule has 0 aromatic heterocycles. The predicted octanol–water partition coefficient (Wildman–Crippen LogP) is 1.20. The monoisotopic (exact) mass is 317 g/mol. The van der Waals surface area contributed by atoms with E-state index in [1.807, 2.05) is 6.07 Å². The zero-order chi connectivity index (χ0) is 16.8. The van der Waals surface area contributed by atoms with Gasteiger partial charge in [0.2, 0.25) is 5.71 Å². The van der Waals surface area contributed by atoms with Crippen LogP contribution >= 0.6 is 0 Å². The lowest BCUT2D eigenvalue weighted by Crippen LogP contribution is -2.46. The van der Waals surface area contributed by atoms with Crippen molar-refractivity contribution in [1.29, 1.82) is 10.7 Å². The van der Waals surface area contributed by atoms with Gasteiger partial charge in [0, 0.05) is 31.9 Å². The van der Waals surface area contributed by atoms with Crippen molar-refractivity contribution in [3.63, 3.8) is 0 Å². The Morgan fingerprint density at radius 1 is 1.43 bits per heavy atom. The Kier molecular flexibility index (Phi) is 5.49. The minimum Gasteiger partial charge on any atom is -0.382 e. The number of halogens is 1. The number of likely N-dealkylation sites (N-methyl/N-ethyl adjacent to an activating group) is 1. The van der Waals surface area contributed by atoms with Gasteiger partial charge in [0.25, 0.3) is 0 Å². The summed E-state index contributed by atoms with van der Waals surface area (Å²) in [6.07, 6.45) is 0. The van der Waals surface area contributed by atoms with Gasteiger partial charge in [-0.25, -0.2) is 4.39 Å². The number of hydrogen-bond acceptors (Lipinski definition) is 6. The summed E-state index contributed by atoms with van der Waals surface area (Å²) in [5.41, 5.74) is 8.28. The van der Waals surface area contributed by atoms with Gasteiger partial charge < -0.3 is 15.5 Å². The van der Waals surface area contributed by atoms with E-state index in [1.54, 1.807) is 12.1 Å². The summed E-state index contributed by atoms with van der Waals surface area (Å²) in [4.78, 5) is 4.49. The average molecular weight is 317 g/mol. The van der Waals surface area contributed by atoms with Crippen LogP contribution in [0.15, 0.2) is 23.3 Å². The molecule has 0 aliphatic carbocycles. The molecular formula is C15H20FN7. The van der Waals surface area contributed by atoms with Crippen molar-refractivity contribution in [3.05, 3.63) is 24.0 Å². The smallest absolute Gasteiger partial charge is 0.201 e.